The SMILES string of the molecule is Cn1nc2cccc(S(=O)(=O)Cl)c2c1Cl. The third-order valence-corrected chi connectivity index (χ3v) is 3.81. The van der Waals surface area contributed by atoms with E-state index >= 15 is 0 Å². The molecule has 0 aliphatic rings. The lowest BCUT2D eigenvalue weighted by molar-refractivity contribution is 0.610. The number of rotatable bonds is 1. The van der Waals surface area contributed by atoms with Crippen LogP contribution in [0.2, 0.25) is 5.15 Å². The van der Waals surface area contributed by atoms with Gasteiger partial charge in [0.15, 0.2) is 0 Å². The van der Waals surface area contributed by atoms with Gasteiger partial charge in [-0.25, -0.2) is 8.42 Å². The fraction of sp³-hybridized carbons (Fsp3) is 0.125. The highest BCUT2D eigenvalue weighted by atomic mass is 35.7. The molecule has 0 unspecified atom stereocenters. The Balaban J connectivity index is 2.99. The molecule has 0 bridgehead atoms. The molecule has 0 N–H and O–H groups in total. The van der Waals surface area contributed by atoms with Gasteiger partial charge >= 0.3 is 0 Å². The van der Waals surface area contributed by atoms with Gasteiger partial charge in [-0.05, 0) is 12.1 Å². The first-order chi connectivity index (χ1) is 6.91. The highest BCUT2D eigenvalue weighted by Crippen LogP contribution is 2.30. The van der Waals surface area contributed by atoms with Crippen LogP contribution in [-0.4, -0.2) is 18.2 Å². The predicted molar refractivity (Wildman–Crippen MR) is 58.8 cm³/mol. The molecule has 0 aliphatic heterocycles. The summed E-state index contributed by atoms with van der Waals surface area (Å²) >= 11 is 5.93. The van der Waals surface area contributed by atoms with Crippen LogP contribution in [0.3, 0.4) is 0 Å². The average molecular weight is 265 g/mol. The number of hydrogen-bond acceptors (Lipinski definition) is 3. The minimum atomic E-state index is -3.80. The summed E-state index contributed by atoms with van der Waals surface area (Å²) in [5.41, 5.74) is 0.504. The lowest BCUT2D eigenvalue weighted by atomic mass is 10.2. The summed E-state index contributed by atoms with van der Waals surface area (Å²) in [7, 11) is 3.12. The van der Waals surface area contributed by atoms with Gasteiger partial charge in [-0.3, -0.25) is 4.68 Å². The van der Waals surface area contributed by atoms with Crippen LogP contribution in [0.15, 0.2) is 23.1 Å². The molecule has 0 atom stereocenters. The summed E-state index contributed by atoms with van der Waals surface area (Å²) in [6.07, 6.45) is 0. The second-order valence-corrected chi connectivity index (χ2v) is 5.89. The number of hydrogen-bond donors (Lipinski definition) is 0. The highest BCUT2D eigenvalue weighted by molar-refractivity contribution is 8.14. The number of nitrogens with zero attached hydrogens (tertiary/aromatic N) is 2. The van der Waals surface area contributed by atoms with Crippen LogP contribution in [-0.2, 0) is 16.1 Å². The Morgan fingerprint density at radius 1 is 1.40 bits per heavy atom. The molecule has 0 spiro atoms. The van der Waals surface area contributed by atoms with E-state index in [4.69, 9.17) is 22.3 Å². The highest BCUT2D eigenvalue weighted by Gasteiger charge is 2.19. The second kappa shape index (κ2) is 3.37. The topological polar surface area (TPSA) is 52.0 Å². The molecule has 1 aromatic carbocycles. The third-order valence-electron chi connectivity index (χ3n) is 2.02. The Bertz CT molecular complexity index is 633. The normalized spacial score (nSPS) is 12.2. The number of aryl methyl sites for hydroxylation is 1. The average Bonchev–Trinajstić information content (AvgIpc) is 2.41. The lowest BCUT2D eigenvalue weighted by Crippen LogP contribution is -1.91. The van der Waals surface area contributed by atoms with Crippen molar-refractivity contribution < 1.29 is 8.42 Å². The molecule has 1 heterocycles. The van der Waals surface area contributed by atoms with Crippen molar-refractivity contribution in [1.82, 2.24) is 9.78 Å². The molecule has 0 aliphatic carbocycles. The molecular weight excluding hydrogens is 259 g/mol. The van der Waals surface area contributed by atoms with Crippen LogP contribution >= 0.6 is 22.3 Å². The van der Waals surface area contributed by atoms with Gasteiger partial charge in [0.2, 0.25) is 0 Å². The van der Waals surface area contributed by atoms with E-state index in [1.165, 1.54) is 10.7 Å². The summed E-state index contributed by atoms with van der Waals surface area (Å²) in [5, 5.41) is 4.66. The minimum Gasteiger partial charge on any atom is -0.256 e. The summed E-state index contributed by atoms with van der Waals surface area (Å²) < 4.78 is 24.0. The van der Waals surface area contributed by atoms with Gasteiger partial charge in [0.25, 0.3) is 9.05 Å². The van der Waals surface area contributed by atoms with Gasteiger partial charge in [0.1, 0.15) is 5.15 Å². The summed E-state index contributed by atoms with van der Waals surface area (Å²) in [6, 6.07) is 4.64. The first-order valence-corrected chi connectivity index (χ1v) is 6.66. The molecule has 0 radical (unpaired) electrons. The maximum atomic E-state index is 11.3. The Kier molecular flexibility index (Phi) is 2.41. The van der Waals surface area contributed by atoms with Gasteiger partial charge in [-0.1, -0.05) is 17.7 Å². The summed E-state index contributed by atoms with van der Waals surface area (Å²) in [5.74, 6) is 0. The van der Waals surface area contributed by atoms with Crippen molar-refractivity contribution in [1.29, 1.82) is 0 Å². The largest absolute Gasteiger partial charge is 0.262 e. The summed E-state index contributed by atoms with van der Waals surface area (Å²) in [4.78, 5) is -0.0141. The maximum absolute atomic E-state index is 11.3. The van der Waals surface area contributed by atoms with Gasteiger partial charge in [-0.15, -0.1) is 0 Å². The molecule has 0 fully saturated rings. The lowest BCUT2D eigenvalue weighted by Gasteiger charge is -1.97. The van der Waals surface area contributed by atoms with Crippen molar-refractivity contribution in [2.24, 2.45) is 7.05 Å². The Morgan fingerprint density at radius 2 is 2.07 bits per heavy atom. The Hall–Kier alpha value is -0.780. The second-order valence-electron chi connectivity index (χ2n) is 3.00. The third kappa shape index (κ3) is 1.71. The van der Waals surface area contributed by atoms with E-state index < -0.39 is 9.05 Å². The van der Waals surface area contributed by atoms with Crippen molar-refractivity contribution in [3.05, 3.63) is 23.4 Å². The minimum absolute atomic E-state index is 0.0141. The van der Waals surface area contributed by atoms with E-state index in [0.29, 0.717) is 10.9 Å². The van der Waals surface area contributed by atoms with Crippen molar-refractivity contribution >= 4 is 42.2 Å². The zero-order valence-corrected chi connectivity index (χ0v) is 9.94. The molecular formula is C8H6Cl2N2O2S. The first kappa shape index (κ1) is 10.7. The van der Waals surface area contributed by atoms with Crippen molar-refractivity contribution in [3.8, 4) is 0 Å². The number of halogens is 2. The zero-order chi connectivity index (χ0) is 11.2. The Labute approximate surface area is 95.8 Å². The van der Waals surface area contributed by atoms with Gasteiger partial charge in [0.05, 0.1) is 15.8 Å². The molecule has 80 valence electrons. The molecule has 0 saturated carbocycles. The van der Waals surface area contributed by atoms with Crippen LogP contribution in [0, 0.1) is 0 Å². The predicted octanol–water partition coefficient (Wildman–Crippen LogP) is 2.15. The van der Waals surface area contributed by atoms with Crippen LogP contribution in [0.5, 0.6) is 0 Å². The van der Waals surface area contributed by atoms with Gasteiger partial charge in [-0.2, -0.15) is 5.10 Å². The van der Waals surface area contributed by atoms with E-state index in [1.54, 1.807) is 19.2 Å². The van der Waals surface area contributed by atoms with Crippen molar-refractivity contribution in [2.45, 2.75) is 4.90 Å². The van der Waals surface area contributed by atoms with E-state index in [9.17, 15) is 8.42 Å². The zero-order valence-electron chi connectivity index (χ0n) is 7.61. The fourth-order valence-corrected chi connectivity index (χ4v) is 2.75. The standard InChI is InChI=1S/C8H6Cl2N2O2S/c1-12-8(9)7-5(11-12)3-2-4-6(7)15(10,13)14/h2-4H,1H3. The smallest absolute Gasteiger partial charge is 0.256 e. The van der Waals surface area contributed by atoms with E-state index in [-0.39, 0.29) is 10.0 Å². The number of benzene rings is 1. The molecule has 2 rings (SSSR count). The molecule has 0 amide bonds. The summed E-state index contributed by atoms with van der Waals surface area (Å²) in [6.45, 7) is 0. The molecule has 1 aromatic heterocycles. The molecule has 2 aromatic rings. The number of fused-ring (bicyclic) bond motifs is 1. The van der Waals surface area contributed by atoms with Crippen LogP contribution in [0.1, 0.15) is 0 Å². The van der Waals surface area contributed by atoms with E-state index in [2.05, 4.69) is 5.10 Å². The molecule has 4 nitrogen and oxygen atoms in total. The van der Waals surface area contributed by atoms with Gasteiger partial charge in [0, 0.05) is 17.7 Å². The Morgan fingerprint density at radius 3 is 2.67 bits per heavy atom. The monoisotopic (exact) mass is 264 g/mol. The van der Waals surface area contributed by atoms with Crippen molar-refractivity contribution in [3.63, 3.8) is 0 Å². The molecule has 15 heavy (non-hydrogen) atoms. The maximum Gasteiger partial charge on any atom is 0.262 e. The van der Waals surface area contributed by atoms with Gasteiger partial charge < -0.3 is 0 Å². The van der Waals surface area contributed by atoms with Crippen molar-refractivity contribution in [2.75, 3.05) is 0 Å². The molecule has 0 saturated heterocycles. The van der Waals surface area contributed by atoms with Crippen LogP contribution in [0.25, 0.3) is 10.9 Å². The number of aromatic nitrogens is 2. The molecule has 7 heteroatoms. The first-order valence-electron chi connectivity index (χ1n) is 3.97. The van der Waals surface area contributed by atoms with E-state index in [1.807, 2.05) is 0 Å². The van der Waals surface area contributed by atoms with Crippen LogP contribution < -0.4 is 0 Å². The van der Waals surface area contributed by atoms with E-state index in [0.717, 1.165) is 0 Å². The quantitative estimate of drug-likeness (QED) is 0.742. The fourth-order valence-electron chi connectivity index (χ4n) is 1.38. The van der Waals surface area contributed by atoms with Crippen LogP contribution in [0.4, 0.5) is 0 Å².